The number of carbonyl (C=O) groups is 3. The molecule has 0 saturated carbocycles. The number of aryl methyl sites for hydroxylation is 1. The number of barbiturate groups is 1. The van der Waals surface area contributed by atoms with Crippen LogP contribution in [-0.2, 0) is 9.59 Å². The summed E-state index contributed by atoms with van der Waals surface area (Å²) in [6, 6.07) is 7.14. The van der Waals surface area contributed by atoms with Gasteiger partial charge in [0.2, 0.25) is 0 Å². The number of benzene rings is 1. The average Bonchev–Trinajstić information content (AvgIpc) is 3.20. The molecule has 0 radical (unpaired) electrons. The van der Waals surface area contributed by atoms with Crippen LogP contribution in [0.25, 0.3) is 11.8 Å². The number of hydrogen-bond donors (Lipinski definition) is 1. The van der Waals surface area contributed by atoms with Crippen molar-refractivity contribution < 1.29 is 14.4 Å². The molecule has 4 rings (SSSR count). The molecule has 1 aromatic heterocycles. The van der Waals surface area contributed by atoms with Crippen LogP contribution in [0.3, 0.4) is 0 Å². The summed E-state index contributed by atoms with van der Waals surface area (Å²) in [5.74, 6) is -1.24. The van der Waals surface area contributed by atoms with Gasteiger partial charge in [0.25, 0.3) is 11.8 Å². The number of carbonyl (C=O) groups excluding carboxylic acids is 3. The molecule has 1 fully saturated rings. The predicted octanol–water partition coefficient (Wildman–Crippen LogP) is 3.53. The van der Waals surface area contributed by atoms with Gasteiger partial charge in [0.05, 0.1) is 11.9 Å². The lowest BCUT2D eigenvalue weighted by Gasteiger charge is -2.27. The zero-order valence-electron chi connectivity index (χ0n) is 16.9. The van der Waals surface area contributed by atoms with Crippen LogP contribution in [-0.4, -0.2) is 39.1 Å². The Morgan fingerprint density at radius 2 is 2.00 bits per heavy atom. The molecule has 7 heteroatoms. The highest BCUT2D eigenvalue weighted by Crippen LogP contribution is 2.22. The number of nitrogens with one attached hydrogen (secondary N) is 1. The lowest BCUT2D eigenvalue weighted by molar-refractivity contribution is -0.130. The second kappa shape index (κ2) is 8.49. The average molecular weight is 404 g/mol. The third kappa shape index (κ3) is 4.10. The fourth-order valence-electron chi connectivity index (χ4n) is 3.81. The predicted molar refractivity (Wildman–Crippen MR) is 113 cm³/mol. The van der Waals surface area contributed by atoms with E-state index >= 15 is 0 Å². The standard InChI is InChI=1S/C23H24N4O3/c1-16-7-5-6-10-20(16)27-15-18(14-24-27)13-19-21(28)25-23(30)26(22(19)29)12-11-17-8-3-2-4-9-17/h5-8,10,13-15H,2-4,9,11-12H2,1H3,(H,25,28,30)/b19-13-. The van der Waals surface area contributed by atoms with Crippen LogP contribution < -0.4 is 5.32 Å². The highest BCUT2D eigenvalue weighted by atomic mass is 16.2. The molecule has 154 valence electrons. The fourth-order valence-corrected chi connectivity index (χ4v) is 3.81. The highest BCUT2D eigenvalue weighted by molar-refractivity contribution is 6.31. The monoisotopic (exact) mass is 404 g/mol. The molecule has 2 aromatic rings. The molecule has 2 aliphatic rings. The van der Waals surface area contributed by atoms with Gasteiger partial charge in [-0.2, -0.15) is 5.10 Å². The Kier molecular flexibility index (Phi) is 5.61. The van der Waals surface area contributed by atoms with Crippen LogP contribution in [0.4, 0.5) is 4.79 Å². The van der Waals surface area contributed by atoms with Gasteiger partial charge in [-0.25, -0.2) is 9.48 Å². The van der Waals surface area contributed by atoms with E-state index in [4.69, 9.17) is 0 Å². The Hall–Kier alpha value is -3.48. The van der Waals surface area contributed by atoms with Gasteiger partial charge in [-0.3, -0.25) is 19.8 Å². The van der Waals surface area contributed by atoms with E-state index in [9.17, 15) is 14.4 Å². The molecule has 1 saturated heterocycles. The van der Waals surface area contributed by atoms with Crippen molar-refractivity contribution in [1.82, 2.24) is 20.0 Å². The Labute approximate surface area is 175 Å². The van der Waals surface area contributed by atoms with E-state index in [1.165, 1.54) is 18.1 Å². The number of aromatic nitrogens is 2. The van der Waals surface area contributed by atoms with Crippen molar-refractivity contribution in [2.24, 2.45) is 0 Å². The summed E-state index contributed by atoms with van der Waals surface area (Å²) in [6.07, 6.45) is 12.0. The third-order valence-electron chi connectivity index (χ3n) is 5.50. The molecule has 0 unspecified atom stereocenters. The molecular weight excluding hydrogens is 380 g/mol. The molecular formula is C23H24N4O3. The maximum Gasteiger partial charge on any atom is 0.331 e. The van der Waals surface area contributed by atoms with E-state index in [-0.39, 0.29) is 12.1 Å². The van der Waals surface area contributed by atoms with E-state index < -0.39 is 17.8 Å². The van der Waals surface area contributed by atoms with Gasteiger partial charge in [-0.15, -0.1) is 0 Å². The number of urea groups is 1. The van der Waals surface area contributed by atoms with Gasteiger partial charge in [0, 0.05) is 18.3 Å². The van der Waals surface area contributed by atoms with Crippen molar-refractivity contribution in [2.75, 3.05) is 6.54 Å². The van der Waals surface area contributed by atoms with Gasteiger partial charge in [0.15, 0.2) is 0 Å². The molecule has 1 N–H and O–H groups in total. The maximum atomic E-state index is 12.9. The molecule has 30 heavy (non-hydrogen) atoms. The number of para-hydroxylation sites is 1. The zero-order valence-corrected chi connectivity index (χ0v) is 16.9. The summed E-state index contributed by atoms with van der Waals surface area (Å²) < 4.78 is 1.70. The molecule has 1 aromatic carbocycles. The number of rotatable bonds is 5. The number of amides is 4. The number of allylic oxidation sites excluding steroid dienone is 1. The first kappa shape index (κ1) is 19.8. The quantitative estimate of drug-likeness (QED) is 0.469. The normalized spacial score (nSPS) is 18.6. The van der Waals surface area contributed by atoms with Crippen molar-refractivity contribution >= 4 is 23.9 Å². The fraction of sp³-hybridized carbons (Fsp3) is 0.304. The van der Waals surface area contributed by atoms with E-state index in [2.05, 4.69) is 16.5 Å². The molecule has 1 aliphatic carbocycles. The van der Waals surface area contributed by atoms with Crippen LogP contribution in [0.2, 0.25) is 0 Å². The van der Waals surface area contributed by atoms with Crippen molar-refractivity contribution in [3.8, 4) is 5.69 Å². The minimum Gasteiger partial charge on any atom is -0.273 e. The first-order valence-electron chi connectivity index (χ1n) is 10.2. The maximum absolute atomic E-state index is 12.9. The van der Waals surface area contributed by atoms with Crippen LogP contribution >= 0.6 is 0 Å². The smallest absolute Gasteiger partial charge is 0.273 e. The molecule has 1 aliphatic heterocycles. The SMILES string of the molecule is Cc1ccccc1-n1cc(/C=C2/C(=O)NC(=O)N(CCC3=CCCCC3)C2=O)cn1. The number of nitrogens with zero attached hydrogens (tertiary/aromatic N) is 3. The topological polar surface area (TPSA) is 84.3 Å². The first-order valence-corrected chi connectivity index (χ1v) is 10.2. The van der Waals surface area contributed by atoms with Crippen LogP contribution in [0.5, 0.6) is 0 Å². The largest absolute Gasteiger partial charge is 0.331 e. The summed E-state index contributed by atoms with van der Waals surface area (Å²) in [5.41, 5.74) is 3.79. The van der Waals surface area contributed by atoms with Crippen LogP contribution in [0, 0.1) is 6.92 Å². The second-order valence-corrected chi connectivity index (χ2v) is 7.64. The summed E-state index contributed by atoms with van der Waals surface area (Å²) in [4.78, 5) is 38.5. The Balaban J connectivity index is 1.54. The Morgan fingerprint density at radius 1 is 1.17 bits per heavy atom. The molecule has 0 bridgehead atoms. The molecule has 4 amide bonds. The lowest BCUT2D eigenvalue weighted by atomic mass is 9.97. The van der Waals surface area contributed by atoms with E-state index in [1.54, 1.807) is 17.1 Å². The van der Waals surface area contributed by atoms with Gasteiger partial charge in [-0.1, -0.05) is 29.8 Å². The number of hydrogen-bond acceptors (Lipinski definition) is 4. The second-order valence-electron chi connectivity index (χ2n) is 7.64. The minimum absolute atomic E-state index is 0.0587. The van der Waals surface area contributed by atoms with Crippen LogP contribution in [0.15, 0.2) is 53.9 Å². The van der Waals surface area contributed by atoms with Gasteiger partial charge < -0.3 is 0 Å². The number of imide groups is 2. The molecule has 2 heterocycles. The van der Waals surface area contributed by atoms with Gasteiger partial charge in [-0.05, 0) is 56.7 Å². The van der Waals surface area contributed by atoms with Crippen molar-refractivity contribution in [1.29, 1.82) is 0 Å². The van der Waals surface area contributed by atoms with Gasteiger partial charge >= 0.3 is 6.03 Å². The summed E-state index contributed by atoms with van der Waals surface area (Å²) >= 11 is 0. The summed E-state index contributed by atoms with van der Waals surface area (Å²) in [5, 5.41) is 6.61. The van der Waals surface area contributed by atoms with E-state index in [1.807, 2.05) is 31.2 Å². The lowest BCUT2D eigenvalue weighted by Crippen LogP contribution is -2.54. The van der Waals surface area contributed by atoms with Crippen LogP contribution in [0.1, 0.15) is 43.2 Å². The van der Waals surface area contributed by atoms with Crippen molar-refractivity contribution in [2.45, 2.75) is 39.0 Å². The van der Waals surface area contributed by atoms with E-state index in [0.717, 1.165) is 35.4 Å². The summed E-state index contributed by atoms with van der Waals surface area (Å²) in [7, 11) is 0. The Bertz CT molecular complexity index is 1060. The van der Waals surface area contributed by atoms with Crippen molar-refractivity contribution in [3.05, 3.63) is 65.0 Å². The first-order chi connectivity index (χ1) is 14.5. The van der Waals surface area contributed by atoms with Gasteiger partial charge in [0.1, 0.15) is 5.57 Å². The van der Waals surface area contributed by atoms with E-state index in [0.29, 0.717) is 12.0 Å². The minimum atomic E-state index is -0.679. The highest BCUT2D eigenvalue weighted by Gasteiger charge is 2.35. The third-order valence-corrected chi connectivity index (χ3v) is 5.50. The molecule has 0 spiro atoms. The van der Waals surface area contributed by atoms with Crippen molar-refractivity contribution in [3.63, 3.8) is 0 Å². The zero-order chi connectivity index (χ0) is 21.1. The summed E-state index contributed by atoms with van der Waals surface area (Å²) in [6.45, 7) is 2.25. The Morgan fingerprint density at radius 3 is 2.77 bits per heavy atom. The molecule has 7 nitrogen and oxygen atoms in total. The molecule has 0 atom stereocenters.